The van der Waals surface area contributed by atoms with Crippen molar-refractivity contribution in [3.63, 3.8) is 0 Å². The molecule has 1 rings (SSSR count). The van der Waals surface area contributed by atoms with Gasteiger partial charge in [-0.15, -0.1) is 0 Å². The van der Waals surface area contributed by atoms with Gasteiger partial charge < -0.3 is 15.3 Å². The van der Waals surface area contributed by atoms with Gasteiger partial charge in [0, 0.05) is 13.6 Å². The second-order valence-electron chi connectivity index (χ2n) is 5.62. The van der Waals surface area contributed by atoms with Crippen LogP contribution in [0.3, 0.4) is 0 Å². The fourth-order valence-corrected chi connectivity index (χ4v) is 2.01. The molecule has 0 heterocycles. The molecule has 2 atom stereocenters. The fourth-order valence-electron chi connectivity index (χ4n) is 2.01. The quantitative estimate of drug-likeness (QED) is 0.847. The molecule has 2 unspecified atom stereocenters. The molecule has 0 saturated heterocycles. The number of urea groups is 1. The number of aliphatic carboxylic acids is 1. The Hall–Kier alpha value is -2.04. The Kier molecular flexibility index (Phi) is 5.76. The monoisotopic (exact) mass is 292 g/mol. The Morgan fingerprint density at radius 3 is 2.38 bits per heavy atom. The average molecular weight is 292 g/mol. The summed E-state index contributed by atoms with van der Waals surface area (Å²) in [6, 6.07) is 8.33. The third-order valence-electron chi connectivity index (χ3n) is 3.76. The molecule has 0 aliphatic rings. The van der Waals surface area contributed by atoms with Gasteiger partial charge in [-0.1, -0.05) is 50.6 Å². The molecule has 0 aliphatic carbocycles. The highest BCUT2D eigenvalue weighted by Gasteiger charge is 2.37. The third kappa shape index (κ3) is 4.21. The molecule has 0 fully saturated rings. The summed E-state index contributed by atoms with van der Waals surface area (Å²) in [7, 11) is 1.68. The maximum Gasteiger partial charge on any atom is 0.333 e. The van der Waals surface area contributed by atoms with Crippen LogP contribution in [0.4, 0.5) is 4.79 Å². The second kappa shape index (κ2) is 7.11. The van der Waals surface area contributed by atoms with Crippen molar-refractivity contribution >= 4 is 12.0 Å². The first-order chi connectivity index (χ1) is 9.81. The van der Waals surface area contributed by atoms with Crippen molar-refractivity contribution in [3.8, 4) is 0 Å². The predicted octanol–water partition coefficient (Wildman–Crippen LogP) is 2.67. The van der Waals surface area contributed by atoms with E-state index < -0.39 is 11.5 Å². The zero-order chi connectivity index (χ0) is 16.0. The van der Waals surface area contributed by atoms with Crippen molar-refractivity contribution in [2.45, 2.75) is 32.7 Å². The van der Waals surface area contributed by atoms with Crippen LogP contribution in [0.2, 0.25) is 0 Å². The van der Waals surface area contributed by atoms with Gasteiger partial charge in [-0.3, -0.25) is 0 Å². The van der Waals surface area contributed by atoms with E-state index in [9.17, 15) is 14.7 Å². The molecule has 1 aromatic carbocycles. The molecule has 2 N–H and O–H groups in total. The molecule has 116 valence electrons. The molecule has 5 nitrogen and oxygen atoms in total. The standard InChI is InChI=1S/C16H24N2O3/c1-5-12(2)11-18(4)15(21)17-16(3,14(19)20)13-9-7-6-8-10-13/h6-10,12H,5,11H2,1-4H3,(H,17,21)(H,19,20). The van der Waals surface area contributed by atoms with Crippen LogP contribution in [-0.2, 0) is 10.3 Å². The molecule has 0 bridgehead atoms. The highest BCUT2D eigenvalue weighted by atomic mass is 16.4. The van der Waals surface area contributed by atoms with Crippen LogP contribution >= 0.6 is 0 Å². The van der Waals surface area contributed by atoms with Crippen LogP contribution < -0.4 is 5.32 Å². The minimum atomic E-state index is -1.44. The van der Waals surface area contributed by atoms with E-state index in [1.807, 2.05) is 6.07 Å². The molecule has 21 heavy (non-hydrogen) atoms. The van der Waals surface area contributed by atoms with Crippen LogP contribution in [0.25, 0.3) is 0 Å². The number of nitrogens with one attached hydrogen (secondary N) is 1. The fraction of sp³-hybridized carbons (Fsp3) is 0.500. The SMILES string of the molecule is CCC(C)CN(C)C(=O)NC(C)(C(=O)O)c1ccccc1. The summed E-state index contributed by atoms with van der Waals surface area (Å²) in [6.45, 7) is 6.20. The molecule has 1 aromatic rings. The van der Waals surface area contributed by atoms with Gasteiger partial charge in [0.25, 0.3) is 0 Å². The molecule has 0 saturated carbocycles. The van der Waals surface area contributed by atoms with Gasteiger partial charge in [0.05, 0.1) is 0 Å². The van der Waals surface area contributed by atoms with Crippen molar-refractivity contribution in [2.24, 2.45) is 5.92 Å². The van der Waals surface area contributed by atoms with Crippen molar-refractivity contribution < 1.29 is 14.7 Å². The largest absolute Gasteiger partial charge is 0.479 e. The van der Waals surface area contributed by atoms with E-state index in [4.69, 9.17) is 0 Å². The summed E-state index contributed by atoms with van der Waals surface area (Å²) >= 11 is 0. The number of carbonyl (C=O) groups is 2. The minimum Gasteiger partial charge on any atom is -0.479 e. The number of rotatable bonds is 6. The molecule has 5 heteroatoms. The summed E-state index contributed by atoms with van der Waals surface area (Å²) in [4.78, 5) is 25.4. The number of hydrogen-bond acceptors (Lipinski definition) is 2. The highest BCUT2D eigenvalue weighted by molar-refractivity contribution is 5.87. The number of carboxylic acid groups (broad SMARTS) is 1. The number of hydrogen-bond donors (Lipinski definition) is 2. The lowest BCUT2D eigenvalue weighted by Gasteiger charge is -2.30. The van der Waals surface area contributed by atoms with Gasteiger partial charge in [-0.2, -0.15) is 0 Å². The summed E-state index contributed by atoms with van der Waals surface area (Å²) in [5.41, 5.74) is -0.898. The Balaban J connectivity index is 2.89. The van der Waals surface area contributed by atoms with Crippen LogP contribution in [-0.4, -0.2) is 35.6 Å². The van der Waals surface area contributed by atoms with Gasteiger partial charge >= 0.3 is 12.0 Å². The van der Waals surface area contributed by atoms with E-state index in [0.29, 0.717) is 18.0 Å². The maximum absolute atomic E-state index is 12.2. The number of amides is 2. The Morgan fingerprint density at radius 1 is 1.33 bits per heavy atom. The first-order valence-electron chi connectivity index (χ1n) is 7.13. The molecular weight excluding hydrogens is 268 g/mol. The zero-order valence-corrected chi connectivity index (χ0v) is 13.1. The Morgan fingerprint density at radius 2 is 1.90 bits per heavy atom. The summed E-state index contributed by atoms with van der Waals surface area (Å²) in [6.07, 6.45) is 0.965. The Bertz CT molecular complexity index is 490. The van der Waals surface area contributed by atoms with Gasteiger partial charge in [0.2, 0.25) is 0 Å². The molecular formula is C16H24N2O3. The van der Waals surface area contributed by atoms with Crippen LogP contribution in [0.5, 0.6) is 0 Å². The van der Waals surface area contributed by atoms with Crippen molar-refractivity contribution in [1.82, 2.24) is 10.2 Å². The molecule has 0 aromatic heterocycles. The first kappa shape index (κ1) is 17.0. The van der Waals surface area contributed by atoms with Crippen molar-refractivity contribution in [2.75, 3.05) is 13.6 Å². The smallest absolute Gasteiger partial charge is 0.333 e. The summed E-state index contributed by atoms with van der Waals surface area (Å²) < 4.78 is 0. The number of nitrogens with zero attached hydrogens (tertiary/aromatic N) is 1. The van der Waals surface area contributed by atoms with Crippen LogP contribution in [0.1, 0.15) is 32.8 Å². The van der Waals surface area contributed by atoms with E-state index in [1.54, 1.807) is 31.3 Å². The maximum atomic E-state index is 12.2. The molecule has 0 radical (unpaired) electrons. The highest BCUT2D eigenvalue weighted by Crippen LogP contribution is 2.21. The minimum absolute atomic E-state index is 0.369. The molecule has 0 aliphatic heterocycles. The summed E-state index contributed by atoms with van der Waals surface area (Å²) in [5, 5.41) is 12.1. The van der Waals surface area contributed by atoms with Gasteiger partial charge in [-0.25, -0.2) is 9.59 Å². The van der Waals surface area contributed by atoms with E-state index >= 15 is 0 Å². The zero-order valence-electron chi connectivity index (χ0n) is 13.1. The lowest BCUT2D eigenvalue weighted by atomic mass is 9.92. The van der Waals surface area contributed by atoms with E-state index in [-0.39, 0.29) is 6.03 Å². The number of carbonyl (C=O) groups excluding carboxylic acids is 1. The van der Waals surface area contributed by atoms with Crippen LogP contribution in [0, 0.1) is 5.92 Å². The van der Waals surface area contributed by atoms with Crippen molar-refractivity contribution in [1.29, 1.82) is 0 Å². The number of benzene rings is 1. The second-order valence-corrected chi connectivity index (χ2v) is 5.62. The molecule has 0 spiro atoms. The van der Waals surface area contributed by atoms with E-state index in [2.05, 4.69) is 19.2 Å². The topological polar surface area (TPSA) is 69.6 Å². The van der Waals surface area contributed by atoms with Crippen molar-refractivity contribution in [3.05, 3.63) is 35.9 Å². The van der Waals surface area contributed by atoms with Gasteiger partial charge in [-0.05, 0) is 18.4 Å². The molecule has 2 amide bonds. The van der Waals surface area contributed by atoms with Gasteiger partial charge in [0.1, 0.15) is 0 Å². The lowest BCUT2D eigenvalue weighted by Crippen LogP contribution is -2.53. The van der Waals surface area contributed by atoms with E-state index in [1.165, 1.54) is 11.8 Å². The normalized spacial score (nSPS) is 14.9. The first-order valence-corrected chi connectivity index (χ1v) is 7.13. The lowest BCUT2D eigenvalue weighted by molar-refractivity contribution is -0.144. The average Bonchev–Trinajstić information content (AvgIpc) is 2.47. The number of carboxylic acids is 1. The van der Waals surface area contributed by atoms with E-state index in [0.717, 1.165) is 6.42 Å². The van der Waals surface area contributed by atoms with Crippen LogP contribution in [0.15, 0.2) is 30.3 Å². The summed E-state index contributed by atoms with van der Waals surface area (Å²) in [5.74, 6) is -0.715. The third-order valence-corrected chi connectivity index (χ3v) is 3.76. The van der Waals surface area contributed by atoms with Gasteiger partial charge in [0.15, 0.2) is 5.54 Å². The predicted molar refractivity (Wildman–Crippen MR) is 82.0 cm³/mol. The Labute approximate surface area is 126 Å².